The van der Waals surface area contributed by atoms with Gasteiger partial charge in [-0.05, 0) is 70.4 Å². The predicted octanol–water partition coefficient (Wildman–Crippen LogP) is 4.93. The Morgan fingerprint density at radius 2 is 1.68 bits per heavy atom. The van der Waals surface area contributed by atoms with Crippen molar-refractivity contribution in [2.24, 2.45) is 0 Å². The van der Waals surface area contributed by atoms with E-state index < -0.39 is 0 Å². The van der Waals surface area contributed by atoms with Crippen LogP contribution in [0.5, 0.6) is 34.5 Å². The molecule has 10 nitrogen and oxygen atoms in total. The van der Waals surface area contributed by atoms with Gasteiger partial charge in [-0.3, -0.25) is 9.59 Å². The molecular formula is C30H27BrN2O8. The summed E-state index contributed by atoms with van der Waals surface area (Å²) >= 11 is 3.66. The maximum Gasteiger partial charge on any atom is 0.255 e. The molecule has 3 aliphatic rings. The third kappa shape index (κ3) is 4.80. The van der Waals surface area contributed by atoms with Crippen LogP contribution >= 0.6 is 15.9 Å². The number of anilines is 1. The first-order valence-corrected chi connectivity index (χ1v) is 13.7. The molecule has 212 valence electrons. The number of nitrogens with one attached hydrogen (secondary N) is 1. The summed E-state index contributed by atoms with van der Waals surface area (Å²) < 4.78 is 34.5. The minimum atomic E-state index is -0.349. The summed E-state index contributed by atoms with van der Waals surface area (Å²) in [5.74, 6) is 2.50. The molecule has 0 spiro atoms. The lowest BCUT2D eigenvalue weighted by Crippen LogP contribution is -2.24. The van der Waals surface area contributed by atoms with Gasteiger partial charge in [0.25, 0.3) is 5.91 Å². The zero-order valence-electron chi connectivity index (χ0n) is 22.7. The van der Waals surface area contributed by atoms with Crippen LogP contribution in [0.25, 0.3) is 6.08 Å². The number of nitrogens with zero attached hydrogens (tertiary/aromatic N) is 1. The third-order valence-corrected chi connectivity index (χ3v) is 8.01. The molecule has 0 bridgehead atoms. The number of likely N-dealkylation sites (N-methyl/N-ethyl adjacent to an activating group) is 1. The minimum Gasteiger partial charge on any atom is -0.493 e. The van der Waals surface area contributed by atoms with Gasteiger partial charge in [-0.2, -0.15) is 0 Å². The van der Waals surface area contributed by atoms with E-state index in [-0.39, 0.29) is 18.5 Å². The Balaban J connectivity index is 1.25. The van der Waals surface area contributed by atoms with Crippen molar-refractivity contribution in [1.29, 1.82) is 0 Å². The highest BCUT2D eigenvalue weighted by Crippen LogP contribution is 2.52. The monoisotopic (exact) mass is 622 g/mol. The average molecular weight is 623 g/mol. The molecule has 3 aromatic carbocycles. The van der Waals surface area contributed by atoms with E-state index in [2.05, 4.69) is 21.2 Å². The van der Waals surface area contributed by atoms with E-state index >= 15 is 0 Å². The number of halogens is 1. The first-order chi connectivity index (χ1) is 19.9. The Bertz CT molecular complexity index is 1570. The SMILES string of the molecule is COc1cc(C(=O)Nc2ccc(C(=O)C3=Cc4c(c(Br)c5c(c4OC)OCO5)CCN3C)cc2)cc2c1OCCO2. The van der Waals surface area contributed by atoms with Crippen LogP contribution in [0.4, 0.5) is 5.69 Å². The normalized spacial score (nSPS) is 14.9. The smallest absolute Gasteiger partial charge is 0.255 e. The highest BCUT2D eigenvalue weighted by molar-refractivity contribution is 9.10. The van der Waals surface area contributed by atoms with Gasteiger partial charge in [0, 0.05) is 36.0 Å². The Hall–Kier alpha value is -4.38. The highest BCUT2D eigenvalue weighted by atomic mass is 79.9. The van der Waals surface area contributed by atoms with Crippen molar-refractivity contribution >= 4 is 39.4 Å². The van der Waals surface area contributed by atoms with Crippen LogP contribution in [-0.4, -0.2) is 64.4 Å². The fourth-order valence-corrected chi connectivity index (χ4v) is 5.78. The Morgan fingerprint density at radius 1 is 0.927 bits per heavy atom. The average Bonchev–Trinajstić information content (AvgIpc) is 3.42. The summed E-state index contributed by atoms with van der Waals surface area (Å²) in [6, 6.07) is 9.99. The molecule has 0 unspecified atom stereocenters. The number of ether oxygens (including phenoxy) is 6. The van der Waals surface area contributed by atoms with E-state index in [1.54, 1.807) is 43.5 Å². The van der Waals surface area contributed by atoms with E-state index in [0.717, 1.165) is 15.6 Å². The number of fused-ring (bicyclic) bond motifs is 3. The van der Waals surface area contributed by atoms with Crippen molar-refractivity contribution in [3.8, 4) is 34.5 Å². The number of amides is 1. The van der Waals surface area contributed by atoms with Crippen LogP contribution in [-0.2, 0) is 6.42 Å². The number of hydrogen-bond donors (Lipinski definition) is 1. The van der Waals surface area contributed by atoms with E-state index in [1.807, 2.05) is 18.0 Å². The number of hydrogen-bond acceptors (Lipinski definition) is 9. The summed E-state index contributed by atoms with van der Waals surface area (Å²) in [6.45, 7) is 1.52. The minimum absolute atomic E-state index is 0.105. The summed E-state index contributed by atoms with van der Waals surface area (Å²) in [4.78, 5) is 28.7. The van der Waals surface area contributed by atoms with Gasteiger partial charge in [0.1, 0.15) is 13.2 Å². The van der Waals surface area contributed by atoms with Gasteiger partial charge in [-0.25, -0.2) is 0 Å². The summed E-state index contributed by atoms with van der Waals surface area (Å²) in [7, 11) is 4.96. The first kappa shape index (κ1) is 26.8. The molecule has 1 N–H and O–H groups in total. The molecule has 0 saturated heterocycles. The number of carbonyl (C=O) groups is 2. The zero-order valence-corrected chi connectivity index (χ0v) is 24.3. The van der Waals surface area contributed by atoms with Crippen molar-refractivity contribution in [3.63, 3.8) is 0 Å². The van der Waals surface area contributed by atoms with Gasteiger partial charge >= 0.3 is 0 Å². The lowest BCUT2D eigenvalue weighted by atomic mass is 10.0. The Labute approximate surface area is 244 Å². The van der Waals surface area contributed by atoms with E-state index in [0.29, 0.717) is 83.2 Å². The van der Waals surface area contributed by atoms with Crippen LogP contribution in [0, 0.1) is 0 Å². The summed E-state index contributed by atoms with van der Waals surface area (Å²) in [5, 5.41) is 2.86. The molecule has 0 saturated carbocycles. The number of methoxy groups -OCH3 is 2. The van der Waals surface area contributed by atoms with Gasteiger partial charge in [0.2, 0.25) is 24.1 Å². The van der Waals surface area contributed by atoms with E-state index in [4.69, 9.17) is 28.4 Å². The molecular weight excluding hydrogens is 596 g/mol. The van der Waals surface area contributed by atoms with E-state index in [1.165, 1.54) is 7.11 Å². The van der Waals surface area contributed by atoms with Crippen LogP contribution < -0.4 is 33.7 Å². The number of carbonyl (C=O) groups excluding carboxylic acids is 2. The van der Waals surface area contributed by atoms with Gasteiger partial charge in [-0.1, -0.05) is 0 Å². The number of benzene rings is 3. The molecule has 41 heavy (non-hydrogen) atoms. The fraction of sp³-hybridized carbons (Fsp3) is 0.267. The molecule has 0 aromatic heterocycles. The Kier molecular flexibility index (Phi) is 7.12. The second-order valence-electron chi connectivity index (χ2n) is 9.57. The van der Waals surface area contributed by atoms with Gasteiger partial charge in [-0.15, -0.1) is 0 Å². The summed E-state index contributed by atoms with van der Waals surface area (Å²) in [6.07, 6.45) is 2.50. The van der Waals surface area contributed by atoms with Gasteiger partial charge in [0.15, 0.2) is 23.0 Å². The number of ketones is 1. The van der Waals surface area contributed by atoms with Crippen molar-refractivity contribution in [2.45, 2.75) is 6.42 Å². The van der Waals surface area contributed by atoms with E-state index in [9.17, 15) is 9.59 Å². The van der Waals surface area contributed by atoms with Crippen molar-refractivity contribution in [2.75, 3.05) is 53.1 Å². The molecule has 3 aliphatic heterocycles. The van der Waals surface area contributed by atoms with Crippen LogP contribution in [0.15, 0.2) is 46.6 Å². The van der Waals surface area contributed by atoms with Crippen LogP contribution in [0.1, 0.15) is 31.8 Å². The largest absolute Gasteiger partial charge is 0.493 e. The topological polar surface area (TPSA) is 105 Å². The molecule has 0 aliphatic carbocycles. The van der Waals surface area contributed by atoms with Crippen molar-refractivity contribution < 1.29 is 38.0 Å². The molecule has 3 heterocycles. The van der Waals surface area contributed by atoms with Crippen LogP contribution in [0.3, 0.4) is 0 Å². The third-order valence-electron chi connectivity index (χ3n) is 7.17. The molecule has 1 amide bonds. The number of Topliss-reactive ketones (excluding diaryl/α,β-unsaturated/α-hetero) is 1. The van der Waals surface area contributed by atoms with Crippen molar-refractivity contribution in [3.05, 3.63) is 68.8 Å². The second-order valence-corrected chi connectivity index (χ2v) is 10.4. The zero-order chi connectivity index (χ0) is 28.7. The highest BCUT2D eigenvalue weighted by Gasteiger charge is 2.32. The molecule has 11 heteroatoms. The summed E-state index contributed by atoms with van der Waals surface area (Å²) in [5.41, 5.74) is 3.63. The maximum atomic E-state index is 13.7. The lowest BCUT2D eigenvalue weighted by molar-refractivity contribution is 0.0999. The molecule has 0 fully saturated rings. The second kappa shape index (κ2) is 10.9. The predicted molar refractivity (Wildman–Crippen MR) is 154 cm³/mol. The van der Waals surface area contributed by atoms with Gasteiger partial charge < -0.3 is 38.6 Å². The molecule has 0 radical (unpaired) electrons. The lowest BCUT2D eigenvalue weighted by Gasteiger charge is -2.21. The number of rotatable bonds is 6. The standard InChI is InChI=1S/C30H27BrN2O8/c1-33-9-8-19-20(26(37-3)29-28(24(19)31)40-15-41-29)14-21(33)25(34)16-4-6-18(7-5-16)32-30(35)17-12-22(36-2)27-23(13-17)38-10-11-39-27/h4-7,12-14H,8-11,15H2,1-3H3,(H,32,35). The van der Waals surface area contributed by atoms with Crippen LogP contribution in [0.2, 0.25) is 0 Å². The number of allylic oxidation sites excluding steroid dienone is 1. The molecule has 6 rings (SSSR count). The molecule has 3 aromatic rings. The fourth-order valence-electron chi connectivity index (χ4n) is 5.07. The quantitative estimate of drug-likeness (QED) is 0.383. The van der Waals surface area contributed by atoms with Crippen molar-refractivity contribution in [1.82, 2.24) is 4.90 Å². The Morgan fingerprint density at radius 3 is 2.44 bits per heavy atom. The maximum absolute atomic E-state index is 13.7. The molecule has 0 atom stereocenters. The first-order valence-electron chi connectivity index (χ1n) is 12.9. The van der Waals surface area contributed by atoms with Gasteiger partial charge in [0.05, 0.1) is 24.4 Å².